The molecular weight excluding hydrogens is 264 g/mol. The highest BCUT2D eigenvalue weighted by molar-refractivity contribution is 5.78. The number of benzene rings is 1. The van der Waals surface area contributed by atoms with Crippen LogP contribution in [0.5, 0.6) is 0 Å². The number of carbonyl (C=O) groups is 1. The fraction of sp³-hybridized carbons (Fsp3) is 0.588. The minimum absolute atomic E-state index is 0.104. The zero-order valence-corrected chi connectivity index (χ0v) is 12.6. The van der Waals surface area contributed by atoms with Gasteiger partial charge in [0.15, 0.2) is 0 Å². The van der Waals surface area contributed by atoms with E-state index in [1.165, 1.54) is 18.4 Å². The molecule has 1 N–H and O–H groups in total. The van der Waals surface area contributed by atoms with Crippen molar-refractivity contribution < 1.29 is 9.53 Å². The smallest absolute Gasteiger partial charge is 0.248 e. The molecule has 1 aromatic carbocycles. The van der Waals surface area contributed by atoms with Crippen molar-refractivity contribution in [2.45, 2.75) is 31.9 Å². The van der Waals surface area contributed by atoms with E-state index in [1.54, 1.807) is 0 Å². The third kappa shape index (κ3) is 4.05. The van der Waals surface area contributed by atoms with Crippen molar-refractivity contribution in [3.8, 4) is 0 Å². The van der Waals surface area contributed by atoms with Crippen LogP contribution in [0.2, 0.25) is 0 Å². The van der Waals surface area contributed by atoms with Crippen molar-refractivity contribution in [2.75, 3.05) is 26.2 Å². The fourth-order valence-corrected chi connectivity index (χ4v) is 2.76. The van der Waals surface area contributed by atoms with Gasteiger partial charge in [0.25, 0.3) is 0 Å². The van der Waals surface area contributed by atoms with Crippen LogP contribution in [-0.2, 0) is 9.53 Å². The quantitative estimate of drug-likeness (QED) is 0.870. The van der Waals surface area contributed by atoms with Crippen molar-refractivity contribution in [2.24, 2.45) is 5.92 Å². The van der Waals surface area contributed by atoms with Crippen molar-refractivity contribution in [1.82, 2.24) is 10.2 Å². The normalized spacial score (nSPS) is 24.1. The van der Waals surface area contributed by atoms with Gasteiger partial charge in [-0.2, -0.15) is 0 Å². The molecule has 2 fully saturated rings. The molecule has 0 radical (unpaired) electrons. The molecule has 1 heterocycles. The van der Waals surface area contributed by atoms with Gasteiger partial charge in [0.2, 0.25) is 5.91 Å². The summed E-state index contributed by atoms with van der Waals surface area (Å²) in [6, 6.07) is 10.7. The van der Waals surface area contributed by atoms with E-state index in [1.807, 2.05) is 11.0 Å². The van der Waals surface area contributed by atoms with Gasteiger partial charge in [0.1, 0.15) is 6.61 Å². The maximum Gasteiger partial charge on any atom is 0.248 e. The molecule has 3 rings (SSSR count). The Morgan fingerprint density at radius 3 is 2.81 bits per heavy atom. The first-order valence-corrected chi connectivity index (χ1v) is 7.90. The highest BCUT2D eigenvalue weighted by atomic mass is 16.5. The third-order valence-corrected chi connectivity index (χ3v) is 4.35. The predicted octanol–water partition coefficient (Wildman–Crippen LogP) is 1.97. The largest absolute Gasteiger partial charge is 0.365 e. The monoisotopic (exact) mass is 288 g/mol. The Morgan fingerprint density at radius 2 is 2.10 bits per heavy atom. The summed E-state index contributed by atoms with van der Waals surface area (Å²) in [7, 11) is 0. The van der Waals surface area contributed by atoms with Crippen LogP contribution in [0.15, 0.2) is 30.3 Å². The molecule has 2 atom stereocenters. The molecule has 1 amide bonds. The molecular formula is C17H24N2O2. The van der Waals surface area contributed by atoms with Crippen LogP contribution in [0.1, 0.15) is 31.4 Å². The number of hydrogen-bond acceptors (Lipinski definition) is 3. The number of rotatable bonds is 6. The number of hydrogen-bond donors (Lipinski definition) is 1. The van der Waals surface area contributed by atoms with E-state index in [0.29, 0.717) is 6.04 Å². The lowest BCUT2D eigenvalue weighted by Crippen LogP contribution is -2.50. The second-order valence-corrected chi connectivity index (χ2v) is 6.22. The van der Waals surface area contributed by atoms with Crippen LogP contribution in [0.25, 0.3) is 0 Å². The van der Waals surface area contributed by atoms with Gasteiger partial charge < -0.3 is 15.0 Å². The summed E-state index contributed by atoms with van der Waals surface area (Å²) < 4.78 is 5.66. The molecule has 2 aliphatic rings. The predicted molar refractivity (Wildman–Crippen MR) is 81.9 cm³/mol. The van der Waals surface area contributed by atoms with Gasteiger partial charge in [0, 0.05) is 25.7 Å². The van der Waals surface area contributed by atoms with Crippen LogP contribution in [0, 0.1) is 5.92 Å². The molecule has 4 nitrogen and oxygen atoms in total. The molecule has 0 spiro atoms. The lowest BCUT2D eigenvalue weighted by molar-refractivity contribution is -0.148. The Bertz CT molecular complexity index is 473. The summed E-state index contributed by atoms with van der Waals surface area (Å²) in [6.07, 6.45) is 2.66. The first-order valence-electron chi connectivity index (χ1n) is 7.90. The number of amides is 1. The van der Waals surface area contributed by atoms with E-state index < -0.39 is 0 Å². The lowest BCUT2D eigenvalue weighted by Gasteiger charge is -2.33. The summed E-state index contributed by atoms with van der Waals surface area (Å²) in [5.74, 6) is 0.887. The molecule has 114 valence electrons. The number of carbonyl (C=O) groups excluding carboxylic acids is 1. The van der Waals surface area contributed by atoms with Crippen molar-refractivity contribution in [1.29, 1.82) is 0 Å². The second-order valence-electron chi connectivity index (χ2n) is 6.22. The van der Waals surface area contributed by atoms with E-state index in [2.05, 4.69) is 36.5 Å². The van der Waals surface area contributed by atoms with E-state index in [4.69, 9.17) is 4.74 Å². The Labute approximate surface area is 126 Å². The van der Waals surface area contributed by atoms with Crippen molar-refractivity contribution in [3.63, 3.8) is 0 Å². The molecule has 1 unspecified atom stereocenters. The van der Waals surface area contributed by atoms with E-state index >= 15 is 0 Å². The minimum Gasteiger partial charge on any atom is -0.365 e. The summed E-state index contributed by atoms with van der Waals surface area (Å²) in [5.41, 5.74) is 1.28. The highest BCUT2D eigenvalue weighted by Crippen LogP contribution is 2.30. The third-order valence-electron chi connectivity index (χ3n) is 4.35. The molecule has 1 aromatic rings. The molecule has 21 heavy (non-hydrogen) atoms. The van der Waals surface area contributed by atoms with Gasteiger partial charge in [-0.1, -0.05) is 30.3 Å². The summed E-state index contributed by atoms with van der Waals surface area (Å²) in [5, 5.41) is 3.51. The molecule has 1 saturated heterocycles. The van der Waals surface area contributed by atoms with E-state index in [-0.39, 0.29) is 18.6 Å². The molecule has 1 aliphatic carbocycles. The number of ether oxygens (including phenoxy) is 1. The Kier molecular flexibility index (Phi) is 4.56. The lowest BCUT2D eigenvalue weighted by atomic mass is 10.1. The van der Waals surface area contributed by atoms with Crippen molar-refractivity contribution in [3.05, 3.63) is 35.9 Å². The molecule has 0 bridgehead atoms. The molecule has 0 aromatic heterocycles. The SMILES string of the molecule is C[C@@H](NCC1CN(CC2CC2)C(=O)CO1)c1ccccc1. The summed E-state index contributed by atoms with van der Waals surface area (Å²) >= 11 is 0. The van der Waals surface area contributed by atoms with Crippen LogP contribution in [-0.4, -0.2) is 43.2 Å². The Balaban J connectivity index is 1.47. The maximum absolute atomic E-state index is 11.8. The fourth-order valence-electron chi connectivity index (χ4n) is 2.76. The number of morpholine rings is 1. The minimum atomic E-state index is 0.104. The highest BCUT2D eigenvalue weighted by Gasteiger charge is 2.31. The van der Waals surface area contributed by atoms with Crippen LogP contribution in [0.3, 0.4) is 0 Å². The van der Waals surface area contributed by atoms with Gasteiger partial charge in [-0.3, -0.25) is 4.79 Å². The van der Waals surface area contributed by atoms with Crippen LogP contribution < -0.4 is 5.32 Å². The van der Waals surface area contributed by atoms with E-state index in [0.717, 1.165) is 25.6 Å². The summed E-state index contributed by atoms with van der Waals surface area (Å²) in [4.78, 5) is 13.8. The van der Waals surface area contributed by atoms with Crippen LogP contribution >= 0.6 is 0 Å². The number of nitrogens with zero attached hydrogens (tertiary/aromatic N) is 1. The van der Waals surface area contributed by atoms with Crippen LogP contribution in [0.4, 0.5) is 0 Å². The average molecular weight is 288 g/mol. The topological polar surface area (TPSA) is 41.6 Å². The zero-order chi connectivity index (χ0) is 14.7. The first-order chi connectivity index (χ1) is 10.2. The first kappa shape index (κ1) is 14.5. The summed E-state index contributed by atoms with van der Waals surface area (Å²) in [6.45, 7) is 4.82. The van der Waals surface area contributed by atoms with Gasteiger partial charge in [-0.25, -0.2) is 0 Å². The van der Waals surface area contributed by atoms with Gasteiger partial charge in [0.05, 0.1) is 6.10 Å². The molecule has 1 saturated carbocycles. The maximum atomic E-state index is 11.8. The van der Waals surface area contributed by atoms with Crippen molar-refractivity contribution >= 4 is 5.91 Å². The zero-order valence-electron chi connectivity index (χ0n) is 12.6. The number of nitrogens with one attached hydrogen (secondary N) is 1. The molecule has 1 aliphatic heterocycles. The van der Waals surface area contributed by atoms with Gasteiger partial charge in [-0.15, -0.1) is 0 Å². The van der Waals surface area contributed by atoms with Gasteiger partial charge in [-0.05, 0) is 31.2 Å². The van der Waals surface area contributed by atoms with Gasteiger partial charge >= 0.3 is 0 Å². The second kappa shape index (κ2) is 6.58. The molecule has 4 heteroatoms. The standard InChI is InChI=1S/C17H24N2O2/c1-13(15-5-3-2-4-6-15)18-9-16-11-19(10-14-7-8-14)17(20)12-21-16/h2-6,13-14,16,18H,7-12H2,1H3/t13-,16?/m1/s1. The Morgan fingerprint density at radius 1 is 1.33 bits per heavy atom. The average Bonchev–Trinajstić information content (AvgIpc) is 3.32. The Hall–Kier alpha value is -1.39. The van der Waals surface area contributed by atoms with E-state index in [9.17, 15) is 4.79 Å².